The number of carboxylic acids is 1. The van der Waals surface area contributed by atoms with Gasteiger partial charge in [-0.1, -0.05) is 0 Å². The molecule has 0 fully saturated rings. The van der Waals surface area contributed by atoms with Crippen molar-refractivity contribution < 1.29 is 14.7 Å². The van der Waals surface area contributed by atoms with Gasteiger partial charge >= 0.3 is 5.97 Å². The third-order valence-corrected chi connectivity index (χ3v) is 2.49. The molecule has 3 N–H and O–H groups in total. The SMILES string of the molecule is CCNc1ccc(C(=O)NC(C)(C)C(=O)O)cc1. The number of anilines is 1. The lowest BCUT2D eigenvalue weighted by Gasteiger charge is -2.21. The quantitative estimate of drug-likeness (QED) is 0.743. The van der Waals surface area contributed by atoms with Crippen molar-refractivity contribution in [3.05, 3.63) is 29.8 Å². The van der Waals surface area contributed by atoms with Gasteiger partial charge in [0, 0.05) is 17.8 Å². The zero-order chi connectivity index (χ0) is 13.8. The summed E-state index contributed by atoms with van der Waals surface area (Å²) < 4.78 is 0. The Hall–Kier alpha value is -2.04. The van der Waals surface area contributed by atoms with E-state index >= 15 is 0 Å². The largest absolute Gasteiger partial charge is 0.480 e. The zero-order valence-electron chi connectivity index (χ0n) is 10.8. The van der Waals surface area contributed by atoms with E-state index in [2.05, 4.69) is 10.6 Å². The average molecular weight is 250 g/mol. The highest BCUT2D eigenvalue weighted by Crippen LogP contribution is 2.11. The fraction of sp³-hybridized carbons (Fsp3) is 0.385. The molecule has 0 spiro atoms. The van der Waals surface area contributed by atoms with Gasteiger partial charge in [-0.2, -0.15) is 0 Å². The monoisotopic (exact) mass is 250 g/mol. The van der Waals surface area contributed by atoms with Crippen molar-refractivity contribution in [2.75, 3.05) is 11.9 Å². The van der Waals surface area contributed by atoms with E-state index in [0.717, 1.165) is 12.2 Å². The van der Waals surface area contributed by atoms with Crippen LogP contribution in [0, 0.1) is 0 Å². The first-order valence-corrected chi connectivity index (χ1v) is 5.76. The van der Waals surface area contributed by atoms with E-state index in [1.807, 2.05) is 6.92 Å². The number of carboxylic acid groups (broad SMARTS) is 1. The van der Waals surface area contributed by atoms with Crippen molar-refractivity contribution in [3.63, 3.8) is 0 Å². The Kier molecular flexibility index (Phi) is 4.31. The molecule has 1 rings (SSSR count). The molecule has 0 saturated carbocycles. The molecule has 1 amide bonds. The van der Waals surface area contributed by atoms with Crippen molar-refractivity contribution >= 4 is 17.6 Å². The van der Waals surface area contributed by atoms with Crippen LogP contribution in [0.5, 0.6) is 0 Å². The summed E-state index contributed by atoms with van der Waals surface area (Å²) in [7, 11) is 0. The van der Waals surface area contributed by atoms with Gasteiger partial charge in [-0.3, -0.25) is 4.79 Å². The van der Waals surface area contributed by atoms with E-state index in [9.17, 15) is 9.59 Å². The van der Waals surface area contributed by atoms with Crippen LogP contribution in [0.1, 0.15) is 31.1 Å². The molecule has 0 aliphatic heterocycles. The van der Waals surface area contributed by atoms with Gasteiger partial charge in [0.05, 0.1) is 0 Å². The number of hydrogen-bond donors (Lipinski definition) is 3. The molecule has 1 aromatic rings. The van der Waals surface area contributed by atoms with Gasteiger partial charge in [0.25, 0.3) is 5.91 Å². The molecule has 0 bridgehead atoms. The summed E-state index contributed by atoms with van der Waals surface area (Å²) >= 11 is 0. The molecular weight excluding hydrogens is 232 g/mol. The number of rotatable bonds is 5. The number of aliphatic carboxylic acids is 1. The Balaban J connectivity index is 2.76. The molecule has 98 valence electrons. The van der Waals surface area contributed by atoms with Crippen LogP contribution in [0.4, 0.5) is 5.69 Å². The summed E-state index contributed by atoms with van der Waals surface area (Å²) in [6.07, 6.45) is 0. The van der Waals surface area contributed by atoms with Gasteiger partial charge in [-0.25, -0.2) is 4.79 Å². The lowest BCUT2D eigenvalue weighted by molar-refractivity contribution is -0.143. The number of carbonyl (C=O) groups excluding carboxylic acids is 1. The first kappa shape index (κ1) is 14.0. The molecule has 0 heterocycles. The van der Waals surface area contributed by atoms with E-state index in [0.29, 0.717) is 5.56 Å². The van der Waals surface area contributed by atoms with Crippen molar-refractivity contribution in [1.82, 2.24) is 5.32 Å². The fourth-order valence-corrected chi connectivity index (χ4v) is 1.35. The molecular formula is C13H18N2O3. The lowest BCUT2D eigenvalue weighted by atomic mass is 10.1. The smallest absolute Gasteiger partial charge is 0.328 e. The summed E-state index contributed by atoms with van der Waals surface area (Å²) in [6.45, 7) is 5.67. The number of hydrogen-bond acceptors (Lipinski definition) is 3. The van der Waals surface area contributed by atoms with Gasteiger partial charge in [-0.05, 0) is 45.0 Å². The van der Waals surface area contributed by atoms with Gasteiger partial charge in [0.2, 0.25) is 0 Å². The van der Waals surface area contributed by atoms with Crippen LogP contribution in [0.15, 0.2) is 24.3 Å². The van der Waals surface area contributed by atoms with E-state index in [1.54, 1.807) is 24.3 Å². The molecule has 0 unspecified atom stereocenters. The molecule has 1 aromatic carbocycles. The Morgan fingerprint density at radius 1 is 1.22 bits per heavy atom. The molecule has 5 nitrogen and oxygen atoms in total. The number of amides is 1. The molecule has 0 aliphatic carbocycles. The molecule has 0 aromatic heterocycles. The summed E-state index contributed by atoms with van der Waals surface area (Å²) in [5, 5.41) is 14.5. The van der Waals surface area contributed by atoms with Gasteiger partial charge < -0.3 is 15.7 Å². The van der Waals surface area contributed by atoms with E-state index in [1.165, 1.54) is 13.8 Å². The van der Waals surface area contributed by atoms with E-state index in [4.69, 9.17) is 5.11 Å². The minimum absolute atomic E-state index is 0.398. The van der Waals surface area contributed by atoms with Crippen LogP contribution in [-0.2, 0) is 4.79 Å². The minimum atomic E-state index is -1.28. The summed E-state index contributed by atoms with van der Waals surface area (Å²) in [5.41, 5.74) is 0.0785. The Morgan fingerprint density at radius 2 is 1.78 bits per heavy atom. The molecule has 0 radical (unpaired) electrons. The van der Waals surface area contributed by atoms with Gasteiger partial charge in [0.1, 0.15) is 5.54 Å². The Morgan fingerprint density at radius 3 is 2.22 bits per heavy atom. The number of nitrogens with one attached hydrogen (secondary N) is 2. The summed E-state index contributed by atoms with van der Waals surface area (Å²) in [5.74, 6) is -1.47. The minimum Gasteiger partial charge on any atom is -0.480 e. The third-order valence-electron chi connectivity index (χ3n) is 2.49. The van der Waals surface area contributed by atoms with Gasteiger partial charge in [0.15, 0.2) is 0 Å². The van der Waals surface area contributed by atoms with Crippen molar-refractivity contribution in [3.8, 4) is 0 Å². The molecule has 0 aliphatic rings. The number of carbonyl (C=O) groups is 2. The standard InChI is InChI=1S/C13H18N2O3/c1-4-14-10-7-5-9(6-8-10)11(16)15-13(2,3)12(17)18/h5-8,14H,4H2,1-3H3,(H,15,16)(H,17,18). The maximum absolute atomic E-state index is 11.8. The molecule has 18 heavy (non-hydrogen) atoms. The predicted molar refractivity (Wildman–Crippen MR) is 69.8 cm³/mol. The highest BCUT2D eigenvalue weighted by molar-refractivity contribution is 5.97. The highest BCUT2D eigenvalue weighted by Gasteiger charge is 2.29. The number of benzene rings is 1. The first-order valence-electron chi connectivity index (χ1n) is 5.76. The van der Waals surface area contributed by atoms with Gasteiger partial charge in [-0.15, -0.1) is 0 Å². The van der Waals surface area contributed by atoms with Crippen LogP contribution < -0.4 is 10.6 Å². The first-order chi connectivity index (χ1) is 8.36. The maximum Gasteiger partial charge on any atom is 0.328 e. The van der Waals surface area contributed by atoms with E-state index < -0.39 is 17.4 Å². The molecule has 0 saturated heterocycles. The van der Waals surface area contributed by atoms with Crippen molar-refractivity contribution in [1.29, 1.82) is 0 Å². The second-order valence-electron chi connectivity index (χ2n) is 4.49. The Labute approximate surface area is 106 Å². The van der Waals surface area contributed by atoms with Crippen LogP contribution >= 0.6 is 0 Å². The van der Waals surface area contributed by atoms with Crippen LogP contribution in [-0.4, -0.2) is 29.1 Å². The maximum atomic E-state index is 11.8. The normalized spacial score (nSPS) is 10.8. The molecule has 5 heteroatoms. The van der Waals surface area contributed by atoms with E-state index in [-0.39, 0.29) is 0 Å². The highest BCUT2D eigenvalue weighted by atomic mass is 16.4. The van der Waals surface area contributed by atoms with Crippen LogP contribution in [0.2, 0.25) is 0 Å². The van der Waals surface area contributed by atoms with Crippen LogP contribution in [0.25, 0.3) is 0 Å². The second-order valence-corrected chi connectivity index (χ2v) is 4.49. The average Bonchev–Trinajstić information content (AvgIpc) is 2.29. The third kappa shape index (κ3) is 3.48. The van der Waals surface area contributed by atoms with Crippen molar-refractivity contribution in [2.24, 2.45) is 0 Å². The second kappa shape index (κ2) is 5.53. The summed E-state index contributed by atoms with van der Waals surface area (Å²) in [4.78, 5) is 22.7. The van der Waals surface area contributed by atoms with Crippen molar-refractivity contribution in [2.45, 2.75) is 26.3 Å². The zero-order valence-corrected chi connectivity index (χ0v) is 10.8. The Bertz CT molecular complexity index is 438. The lowest BCUT2D eigenvalue weighted by Crippen LogP contribution is -2.49. The predicted octanol–water partition coefficient (Wildman–Crippen LogP) is 1.71. The summed E-state index contributed by atoms with van der Waals surface area (Å²) in [6, 6.07) is 6.88. The topological polar surface area (TPSA) is 78.4 Å². The fourth-order valence-electron chi connectivity index (χ4n) is 1.35. The van der Waals surface area contributed by atoms with Crippen LogP contribution in [0.3, 0.4) is 0 Å². The molecule has 0 atom stereocenters.